The Morgan fingerprint density at radius 2 is 2.23 bits per heavy atom. The molecule has 6 heteroatoms. The predicted molar refractivity (Wildman–Crippen MR) is 51.1 cm³/mol. The van der Waals surface area contributed by atoms with E-state index in [-0.39, 0.29) is 12.4 Å². The molecule has 0 amide bonds. The fraction of sp³-hybridized carbons (Fsp3) is 0.286. The third-order valence-corrected chi connectivity index (χ3v) is 2.05. The van der Waals surface area contributed by atoms with Crippen molar-refractivity contribution in [2.45, 2.75) is 6.54 Å². The van der Waals surface area contributed by atoms with E-state index in [4.69, 9.17) is 0 Å². The van der Waals surface area contributed by atoms with Crippen molar-refractivity contribution in [2.75, 3.05) is 11.9 Å². The van der Waals surface area contributed by atoms with Gasteiger partial charge < -0.3 is 9.88 Å². The fourth-order valence-corrected chi connectivity index (χ4v) is 1.50. The predicted octanol–water partition coefficient (Wildman–Crippen LogP) is 0.674. The van der Waals surface area contributed by atoms with E-state index in [1.807, 2.05) is 6.33 Å². The van der Waals surface area contributed by atoms with Gasteiger partial charge in [0.25, 0.3) is 0 Å². The van der Waals surface area contributed by atoms with Crippen LogP contribution in [0.3, 0.4) is 0 Å². The Labute approximate surface area is 80.6 Å². The summed E-state index contributed by atoms with van der Waals surface area (Å²) in [6, 6.07) is 0. The van der Waals surface area contributed by atoms with Gasteiger partial charge in [-0.25, -0.2) is 15.0 Å². The lowest BCUT2D eigenvalue weighted by atomic mass is 10.4. The van der Waals surface area contributed by atoms with Crippen molar-refractivity contribution in [1.29, 1.82) is 0 Å². The van der Waals surface area contributed by atoms with Crippen molar-refractivity contribution >= 4 is 29.4 Å². The topological polar surface area (TPSA) is 55.6 Å². The maximum Gasteiger partial charge on any atom is 0.182 e. The van der Waals surface area contributed by atoms with Gasteiger partial charge >= 0.3 is 0 Å². The molecule has 0 radical (unpaired) electrons. The van der Waals surface area contributed by atoms with Gasteiger partial charge in [-0.1, -0.05) is 0 Å². The summed E-state index contributed by atoms with van der Waals surface area (Å²) in [6.07, 6.45) is 3.34. The molecular weight excluding hydrogens is 190 g/mol. The molecule has 0 saturated carbocycles. The highest BCUT2D eigenvalue weighted by Crippen LogP contribution is 2.20. The lowest BCUT2D eigenvalue weighted by Gasteiger charge is -2.14. The Balaban J connectivity index is 0.000000653. The number of rotatable bonds is 0. The van der Waals surface area contributed by atoms with Crippen LogP contribution in [-0.2, 0) is 6.54 Å². The second kappa shape index (κ2) is 2.85. The average Bonchev–Trinajstić information content (AvgIpc) is 2.52. The van der Waals surface area contributed by atoms with Gasteiger partial charge in [0, 0.05) is 13.1 Å². The van der Waals surface area contributed by atoms with Gasteiger partial charge in [0.2, 0.25) is 0 Å². The molecule has 0 unspecified atom stereocenters. The van der Waals surface area contributed by atoms with Crippen LogP contribution in [0.4, 0.5) is 5.82 Å². The summed E-state index contributed by atoms with van der Waals surface area (Å²) in [5, 5.41) is 3.20. The Hall–Kier alpha value is -1.36. The molecule has 2 aromatic heterocycles. The Bertz CT molecular complexity index is 437. The van der Waals surface area contributed by atoms with Crippen LogP contribution >= 0.6 is 12.4 Å². The van der Waals surface area contributed by atoms with Crippen LogP contribution in [0.5, 0.6) is 0 Å². The molecular formula is C7H8ClN5. The Morgan fingerprint density at radius 1 is 1.31 bits per heavy atom. The molecule has 5 nitrogen and oxygen atoms in total. The van der Waals surface area contributed by atoms with Crippen LogP contribution < -0.4 is 5.32 Å². The molecule has 0 aromatic carbocycles. The van der Waals surface area contributed by atoms with Crippen LogP contribution in [0.2, 0.25) is 0 Å². The molecule has 1 N–H and O–H groups in total. The fourth-order valence-electron chi connectivity index (χ4n) is 1.50. The minimum absolute atomic E-state index is 0. The van der Waals surface area contributed by atoms with Crippen molar-refractivity contribution in [3.05, 3.63) is 12.7 Å². The number of hydrogen-bond acceptors (Lipinski definition) is 4. The van der Waals surface area contributed by atoms with Crippen LogP contribution in [-0.4, -0.2) is 26.1 Å². The zero-order chi connectivity index (χ0) is 7.97. The molecule has 0 spiro atoms. The van der Waals surface area contributed by atoms with Gasteiger partial charge in [-0.15, -0.1) is 12.4 Å². The zero-order valence-corrected chi connectivity index (χ0v) is 7.58. The zero-order valence-electron chi connectivity index (χ0n) is 6.77. The first kappa shape index (κ1) is 8.25. The number of hydrogen-bond donors (Lipinski definition) is 1. The van der Waals surface area contributed by atoms with E-state index in [1.54, 1.807) is 0 Å². The molecule has 13 heavy (non-hydrogen) atoms. The summed E-state index contributed by atoms with van der Waals surface area (Å²) < 4.78 is 2.07. The Morgan fingerprint density at radius 3 is 3.15 bits per heavy atom. The number of anilines is 1. The van der Waals surface area contributed by atoms with E-state index in [0.29, 0.717) is 0 Å². The maximum absolute atomic E-state index is 4.16. The molecule has 3 rings (SSSR count). The standard InChI is InChI=1S/C7H7N5.ClH/c1-2-12-4-11-7-5(12)6(8-1)9-3-10-7;/h3-4H,1-2H2,(H,8,9,10);1H. The summed E-state index contributed by atoms with van der Waals surface area (Å²) >= 11 is 0. The van der Waals surface area contributed by atoms with Crippen LogP contribution in [0, 0.1) is 0 Å². The van der Waals surface area contributed by atoms with E-state index in [9.17, 15) is 0 Å². The third-order valence-electron chi connectivity index (χ3n) is 2.05. The molecule has 1 aliphatic rings. The minimum atomic E-state index is 0. The van der Waals surface area contributed by atoms with E-state index in [0.717, 1.165) is 30.1 Å². The third kappa shape index (κ3) is 1.04. The summed E-state index contributed by atoms with van der Waals surface area (Å²) in [5.74, 6) is 0.892. The second-order valence-corrected chi connectivity index (χ2v) is 2.76. The first-order chi connectivity index (χ1) is 5.95. The number of aromatic nitrogens is 4. The molecule has 1 aliphatic heterocycles. The van der Waals surface area contributed by atoms with Crippen molar-refractivity contribution in [3.8, 4) is 0 Å². The lowest BCUT2D eigenvalue weighted by molar-refractivity contribution is 0.729. The van der Waals surface area contributed by atoms with Gasteiger partial charge in [-0.2, -0.15) is 0 Å². The van der Waals surface area contributed by atoms with Crippen LogP contribution in [0.1, 0.15) is 0 Å². The van der Waals surface area contributed by atoms with Crippen molar-refractivity contribution in [3.63, 3.8) is 0 Å². The smallest absolute Gasteiger partial charge is 0.182 e. The highest BCUT2D eigenvalue weighted by Gasteiger charge is 2.13. The monoisotopic (exact) mass is 197 g/mol. The summed E-state index contributed by atoms with van der Waals surface area (Å²) in [5.41, 5.74) is 1.79. The van der Waals surface area contributed by atoms with Gasteiger partial charge in [0.05, 0.1) is 6.33 Å². The highest BCUT2D eigenvalue weighted by molar-refractivity contribution is 5.85. The van der Waals surface area contributed by atoms with Gasteiger partial charge in [-0.3, -0.25) is 0 Å². The first-order valence-corrected chi connectivity index (χ1v) is 3.85. The molecule has 0 aliphatic carbocycles. The Kier molecular flexibility index (Phi) is 1.81. The van der Waals surface area contributed by atoms with E-state index in [2.05, 4.69) is 24.8 Å². The van der Waals surface area contributed by atoms with Gasteiger partial charge in [0.15, 0.2) is 11.5 Å². The maximum atomic E-state index is 4.16. The SMILES string of the molecule is Cl.c1nc2c3c(n1)ncn3CCN2. The van der Waals surface area contributed by atoms with Crippen molar-refractivity contribution in [1.82, 2.24) is 19.5 Å². The van der Waals surface area contributed by atoms with Crippen LogP contribution in [0.25, 0.3) is 11.2 Å². The average molecular weight is 198 g/mol. The van der Waals surface area contributed by atoms with E-state index < -0.39 is 0 Å². The van der Waals surface area contributed by atoms with Gasteiger partial charge in [0.1, 0.15) is 11.8 Å². The highest BCUT2D eigenvalue weighted by atomic mass is 35.5. The quantitative estimate of drug-likeness (QED) is 0.675. The second-order valence-electron chi connectivity index (χ2n) is 2.76. The number of imidazole rings is 1. The normalized spacial score (nSPS) is 13.5. The molecule has 68 valence electrons. The summed E-state index contributed by atoms with van der Waals surface area (Å²) in [6.45, 7) is 1.85. The molecule has 0 fully saturated rings. The molecule has 2 aromatic rings. The molecule has 3 heterocycles. The largest absolute Gasteiger partial charge is 0.366 e. The number of halogens is 1. The summed E-state index contributed by atoms with van der Waals surface area (Å²) in [7, 11) is 0. The van der Waals surface area contributed by atoms with Gasteiger partial charge in [-0.05, 0) is 0 Å². The molecule has 0 saturated heterocycles. The van der Waals surface area contributed by atoms with E-state index >= 15 is 0 Å². The first-order valence-electron chi connectivity index (χ1n) is 3.85. The number of nitrogens with one attached hydrogen (secondary N) is 1. The molecule has 0 atom stereocenters. The summed E-state index contributed by atoms with van der Waals surface area (Å²) in [4.78, 5) is 12.4. The van der Waals surface area contributed by atoms with Crippen molar-refractivity contribution < 1.29 is 0 Å². The van der Waals surface area contributed by atoms with Crippen molar-refractivity contribution in [2.24, 2.45) is 0 Å². The number of nitrogens with zero attached hydrogens (tertiary/aromatic N) is 4. The lowest BCUT2D eigenvalue weighted by Crippen LogP contribution is -2.17. The molecule has 0 bridgehead atoms. The van der Waals surface area contributed by atoms with Crippen LogP contribution in [0.15, 0.2) is 12.7 Å². The minimum Gasteiger partial charge on any atom is -0.366 e. The van der Waals surface area contributed by atoms with E-state index in [1.165, 1.54) is 6.33 Å².